The molecule has 0 fully saturated rings. The summed E-state index contributed by atoms with van der Waals surface area (Å²) in [6.07, 6.45) is 0.256. The van der Waals surface area contributed by atoms with E-state index >= 15 is 0 Å². The van der Waals surface area contributed by atoms with Gasteiger partial charge >= 0.3 is 5.97 Å². The van der Waals surface area contributed by atoms with Gasteiger partial charge in [0.1, 0.15) is 0 Å². The Morgan fingerprint density at radius 2 is 2.16 bits per heavy atom. The molecule has 0 bridgehead atoms. The van der Waals surface area contributed by atoms with Crippen molar-refractivity contribution in [3.63, 3.8) is 0 Å². The second-order valence-electron chi connectivity index (χ2n) is 4.13. The summed E-state index contributed by atoms with van der Waals surface area (Å²) in [7, 11) is 1.34. The van der Waals surface area contributed by atoms with Gasteiger partial charge in [-0.15, -0.1) is 0 Å². The number of ether oxygens (including phenoxy) is 1. The fraction of sp³-hybridized carbons (Fsp3) is 0.462. The molecule has 0 aromatic heterocycles. The first-order valence-electron chi connectivity index (χ1n) is 6.06. The van der Waals surface area contributed by atoms with Gasteiger partial charge in [-0.2, -0.15) is 0 Å². The Labute approximate surface area is 112 Å². The highest BCUT2D eigenvalue weighted by Crippen LogP contribution is 2.25. The molecule has 0 heterocycles. The number of rotatable bonds is 6. The van der Waals surface area contributed by atoms with Crippen LogP contribution in [0.2, 0.25) is 0 Å². The van der Waals surface area contributed by atoms with Crippen LogP contribution in [0.4, 0.5) is 11.4 Å². The molecule has 0 aliphatic carbocycles. The minimum atomic E-state index is -0.396. The fourth-order valence-electron chi connectivity index (χ4n) is 1.79. The number of methoxy groups -OCH3 is 1. The fourth-order valence-corrected chi connectivity index (χ4v) is 1.79. The van der Waals surface area contributed by atoms with Gasteiger partial charge in [-0.1, -0.05) is 6.07 Å². The number of anilines is 1. The highest BCUT2D eigenvalue weighted by atomic mass is 16.6. The number of aryl methyl sites for hydroxylation is 1. The molecule has 0 saturated heterocycles. The lowest BCUT2D eigenvalue weighted by Crippen LogP contribution is -2.26. The van der Waals surface area contributed by atoms with Crippen molar-refractivity contribution in [2.45, 2.75) is 20.3 Å². The molecule has 0 aliphatic heterocycles. The first-order valence-corrected chi connectivity index (χ1v) is 6.06. The number of nitrogens with zero attached hydrogens (tertiary/aromatic N) is 2. The Bertz CT molecular complexity index is 474. The Kier molecular flexibility index (Phi) is 5.29. The van der Waals surface area contributed by atoms with E-state index in [-0.39, 0.29) is 18.1 Å². The van der Waals surface area contributed by atoms with Crippen LogP contribution in [-0.4, -0.2) is 31.1 Å². The van der Waals surface area contributed by atoms with Crippen LogP contribution in [0.3, 0.4) is 0 Å². The zero-order valence-electron chi connectivity index (χ0n) is 11.4. The summed E-state index contributed by atoms with van der Waals surface area (Å²) < 4.78 is 4.59. The lowest BCUT2D eigenvalue weighted by Gasteiger charge is -2.22. The summed E-state index contributed by atoms with van der Waals surface area (Å²) in [6.45, 7) is 4.77. The van der Waals surface area contributed by atoms with Crippen molar-refractivity contribution in [1.29, 1.82) is 0 Å². The quantitative estimate of drug-likeness (QED) is 0.448. The van der Waals surface area contributed by atoms with Crippen LogP contribution in [0.25, 0.3) is 0 Å². The molecule has 1 aromatic rings. The van der Waals surface area contributed by atoms with Crippen molar-refractivity contribution < 1.29 is 14.5 Å². The highest BCUT2D eigenvalue weighted by molar-refractivity contribution is 5.70. The largest absolute Gasteiger partial charge is 0.469 e. The van der Waals surface area contributed by atoms with E-state index in [4.69, 9.17) is 0 Å². The summed E-state index contributed by atoms with van der Waals surface area (Å²) >= 11 is 0. The number of carbonyl (C=O) groups excluding carboxylic acids is 1. The molecule has 1 rings (SSSR count). The van der Waals surface area contributed by atoms with Crippen LogP contribution in [-0.2, 0) is 9.53 Å². The van der Waals surface area contributed by atoms with E-state index in [0.29, 0.717) is 18.7 Å². The zero-order chi connectivity index (χ0) is 14.4. The lowest BCUT2D eigenvalue weighted by molar-refractivity contribution is -0.385. The van der Waals surface area contributed by atoms with Crippen molar-refractivity contribution >= 4 is 17.3 Å². The maximum Gasteiger partial charge on any atom is 0.307 e. The van der Waals surface area contributed by atoms with E-state index in [0.717, 1.165) is 5.69 Å². The van der Waals surface area contributed by atoms with Gasteiger partial charge in [0.15, 0.2) is 0 Å². The topological polar surface area (TPSA) is 72.7 Å². The van der Waals surface area contributed by atoms with Gasteiger partial charge in [0, 0.05) is 30.4 Å². The number of benzene rings is 1. The van der Waals surface area contributed by atoms with Crippen LogP contribution in [0, 0.1) is 17.0 Å². The second-order valence-corrected chi connectivity index (χ2v) is 4.13. The van der Waals surface area contributed by atoms with Crippen molar-refractivity contribution in [2.24, 2.45) is 0 Å². The average molecular weight is 266 g/mol. The molecule has 6 heteroatoms. The SMILES string of the molecule is CCN(CCC(=O)OC)c1ccc(C)c([N+](=O)[O-])c1. The summed E-state index contributed by atoms with van der Waals surface area (Å²) in [5.41, 5.74) is 1.45. The van der Waals surface area contributed by atoms with E-state index in [2.05, 4.69) is 4.74 Å². The van der Waals surface area contributed by atoms with Gasteiger partial charge in [-0.05, 0) is 19.9 Å². The van der Waals surface area contributed by atoms with Gasteiger partial charge in [0.2, 0.25) is 0 Å². The third-order valence-electron chi connectivity index (χ3n) is 2.95. The summed E-state index contributed by atoms with van der Waals surface area (Å²) in [4.78, 5) is 23.6. The predicted octanol–water partition coefficient (Wildman–Crippen LogP) is 2.29. The van der Waals surface area contributed by atoms with Gasteiger partial charge in [-0.3, -0.25) is 14.9 Å². The molecule has 104 valence electrons. The van der Waals surface area contributed by atoms with Crippen LogP contribution in [0.15, 0.2) is 18.2 Å². The average Bonchev–Trinajstić information content (AvgIpc) is 2.40. The van der Waals surface area contributed by atoms with Gasteiger partial charge < -0.3 is 9.64 Å². The number of carbonyl (C=O) groups is 1. The number of hydrogen-bond donors (Lipinski definition) is 0. The van der Waals surface area contributed by atoms with Crippen molar-refractivity contribution in [2.75, 3.05) is 25.1 Å². The smallest absolute Gasteiger partial charge is 0.307 e. The van der Waals surface area contributed by atoms with Crippen LogP contribution < -0.4 is 4.90 Å². The number of esters is 1. The van der Waals surface area contributed by atoms with E-state index in [1.165, 1.54) is 13.2 Å². The Morgan fingerprint density at radius 3 is 2.68 bits per heavy atom. The standard InChI is InChI=1S/C13H18N2O4/c1-4-14(8-7-13(16)19-3)11-6-5-10(2)12(9-11)15(17)18/h5-6,9H,4,7-8H2,1-3H3. The van der Waals surface area contributed by atoms with Gasteiger partial charge in [-0.25, -0.2) is 0 Å². The summed E-state index contributed by atoms with van der Waals surface area (Å²) in [5.74, 6) is -0.292. The van der Waals surface area contributed by atoms with Crippen molar-refractivity contribution in [1.82, 2.24) is 0 Å². The third kappa shape index (κ3) is 3.94. The van der Waals surface area contributed by atoms with E-state index in [9.17, 15) is 14.9 Å². The lowest BCUT2D eigenvalue weighted by atomic mass is 10.1. The van der Waals surface area contributed by atoms with E-state index in [1.54, 1.807) is 13.0 Å². The minimum Gasteiger partial charge on any atom is -0.469 e. The maximum absolute atomic E-state index is 11.1. The number of hydrogen-bond acceptors (Lipinski definition) is 5. The molecule has 0 saturated carbocycles. The molecule has 0 radical (unpaired) electrons. The predicted molar refractivity (Wildman–Crippen MR) is 72.4 cm³/mol. The molecule has 19 heavy (non-hydrogen) atoms. The zero-order valence-corrected chi connectivity index (χ0v) is 11.4. The molecule has 0 aliphatic rings. The Balaban J connectivity index is 2.89. The van der Waals surface area contributed by atoms with E-state index in [1.807, 2.05) is 17.9 Å². The van der Waals surface area contributed by atoms with Crippen molar-refractivity contribution in [3.05, 3.63) is 33.9 Å². The summed E-state index contributed by atoms with van der Waals surface area (Å²) in [5, 5.41) is 10.9. The molecule has 0 N–H and O–H groups in total. The second kappa shape index (κ2) is 6.72. The molecular weight excluding hydrogens is 248 g/mol. The Hall–Kier alpha value is -2.11. The maximum atomic E-state index is 11.1. The molecule has 0 amide bonds. The van der Waals surface area contributed by atoms with Crippen molar-refractivity contribution in [3.8, 4) is 0 Å². The van der Waals surface area contributed by atoms with Crippen LogP contribution >= 0.6 is 0 Å². The Morgan fingerprint density at radius 1 is 1.47 bits per heavy atom. The molecular formula is C13H18N2O4. The number of nitro groups is 1. The molecule has 0 unspecified atom stereocenters. The minimum absolute atomic E-state index is 0.0917. The van der Waals surface area contributed by atoms with Gasteiger partial charge in [0.05, 0.1) is 18.5 Å². The normalized spacial score (nSPS) is 10.1. The molecule has 0 atom stereocenters. The molecule has 1 aromatic carbocycles. The monoisotopic (exact) mass is 266 g/mol. The number of nitro benzene ring substituents is 1. The molecule has 0 spiro atoms. The first kappa shape index (κ1) is 14.9. The van der Waals surface area contributed by atoms with E-state index < -0.39 is 4.92 Å². The molecule has 6 nitrogen and oxygen atoms in total. The first-order chi connectivity index (χ1) is 8.99. The van der Waals surface area contributed by atoms with Gasteiger partial charge in [0.25, 0.3) is 5.69 Å². The highest BCUT2D eigenvalue weighted by Gasteiger charge is 2.14. The van der Waals surface area contributed by atoms with Crippen LogP contribution in [0.5, 0.6) is 0 Å². The third-order valence-corrected chi connectivity index (χ3v) is 2.95. The van der Waals surface area contributed by atoms with Crippen LogP contribution in [0.1, 0.15) is 18.9 Å². The summed E-state index contributed by atoms with van der Waals surface area (Å²) in [6, 6.07) is 5.08.